The molecule has 0 unspecified atom stereocenters. The highest BCUT2D eigenvalue weighted by atomic mass is 32.1. The SMILES string of the molecule is CCc1nc(-c2ccccc2OC)n2c1CN(C(=O)CCc1cccs1)CC2. The number of carbonyl (C=O) groups excluding carboxylic acids is 1. The number of para-hydroxylation sites is 1. The molecule has 0 aliphatic carbocycles. The second kappa shape index (κ2) is 8.19. The molecule has 0 saturated heterocycles. The van der Waals surface area contributed by atoms with Gasteiger partial charge in [0.25, 0.3) is 0 Å². The predicted octanol–water partition coefficient (Wildman–Crippen LogP) is 4.16. The molecule has 0 fully saturated rings. The van der Waals surface area contributed by atoms with Gasteiger partial charge in [0.15, 0.2) is 0 Å². The van der Waals surface area contributed by atoms with E-state index in [9.17, 15) is 4.79 Å². The maximum absolute atomic E-state index is 12.8. The average molecular weight is 396 g/mol. The quantitative estimate of drug-likeness (QED) is 0.630. The Labute approximate surface area is 169 Å². The summed E-state index contributed by atoms with van der Waals surface area (Å²) in [5.74, 6) is 1.99. The number of aryl methyl sites for hydroxylation is 2. The molecule has 0 bridgehead atoms. The van der Waals surface area contributed by atoms with Crippen LogP contribution in [0.1, 0.15) is 29.6 Å². The molecule has 5 nitrogen and oxygen atoms in total. The first-order chi connectivity index (χ1) is 13.7. The molecular formula is C22H25N3O2S. The maximum Gasteiger partial charge on any atom is 0.223 e. The normalized spacial score (nSPS) is 13.4. The molecule has 3 heterocycles. The van der Waals surface area contributed by atoms with Gasteiger partial charge >= 0.3 is 0 Å². The van der Waals surface area contributed by atoms with Gasteiger partial charge in [-0.05, 0) is 36.4 Å². The number of fused-ring (bicyclic) bond motifs is 1. The standard InChI is InChI=1S/C22H25N3O2S/c1-3-18-19-15-24(21(26)11-10-16-7-6-14-28-16)12-13-25(19)22(23-18)17-8-4-5-9-20(17)27-2/h4-9,14H,3,10-13,15H2,1-2H3. The highest BCUT2D eigenvalue weighted by Crippen LogP contribution is 2.32. The number of rotatable bonds is 6. The zero-order valence-corrected chi connectivity index (χ0v) is 17.2. The van der Waals surface area contributed by atoms with Crippen molar-refractivity contribution in [3.63, 3.8) is 0 Å². The molecule has 1 amide bonds. The Bertz CT molecular complexity index is 962. The van der Waals surface area contributed by atoms with Crippen LogP contribution in [0.2, 0.25) is 0 Å². The van der Waals surface area contributed by atoms with Crippen molar-refractivity contribution in [2.24, 2.45) is 0 Å². The van der Waals surface area contributed by atoms with E-state index in [0.29, 0.717) is 13.0 Å². The Hall–Kier alpha value is -2.60. The summed E-state index contributed by atoms with van der Waals surface area (Å²) in [5, 5.41) is 2.06. The van der Waals surface area contributed by atoms with Crippen LogP contribution in [0.25, 0.3) is 11.4 Å². The third-order valence-electron chi connectivity index (χ3n) is 5.29. The van der Waals surface area contributed by atoms with Crippen LogP contribution in [0.3, 0.4) is 0 Å². The predicted molar refractivity (Wildman–Crippen MR) is 112 cm³/mol. The third-order valence-corrected chi connectivity index (χ3v) is 6.23. The van der Waals surface area contributed by atoms with Gasteiger partial charge in [0, 0.05) is 24.4 Å². The molecule has 3 aromatic rings. The molecule has 2 aromatic heterocycles. The van der Waals surface area contributed by atoms with E-state index >= 15 is 0 Å². The molecule has 0 saturated carbocycles. The van der Waals surface area contributed by atoms with E-state index in [1.807, 2.05) is 35.2 Å². The first kappa shape index (κ1) is 18.7. The van der Waals surface area contributed by atoms with Crippen LogP contribution >= 0.6 is 11.3 Å². The number of aromatic nitrogens is 2. The van der Waals surface area contributed by atoms with Gasteiger partial charge in [0.2, 0.25) is 5.91 Å². The van der Waals surface area contributed by atoms with Gasteiger partial charge in [-0.3, -0.25) is 4.79 Å². The molecule has 4 rings (SSSR count). The molecular weight excluding hydrogens is 370 g/mol. The van der Waals surface area contributed by atoms with Crippen LogP contribution in [0.15, 0.2) is 41.8 Å². The summed E-state index contributed by atoms with van der Waals surface area (Å²) >= 11 is 1.71. The topological polar surface area (TPSA) is 47.4 Å². The van der Waals surface area contributed by atoms with Crippen molar-refractivity contribution in [1.82, 2.24) is 14.5 Å². The summed E-state index contributed by atoms with van der Waals surface area (Å²) in [5.41, 5.74) is 3.22. The minimum Gasteiger partial charge on any atom is -0.496 e. The molecule has 6 heteroatoms. The average Bonchev–Trinajstić information content (AvgIpc) is 3.39. The van der Waals surface area contributed by atoms with Gasteiger partial charge in [-0.25, -0.2) is 4.98 Å². The van der Waals surface area contributed by atoms with E-state index < -0.39 is 0 Å². The van der Waals surface area contributed by atoms with E-state index in [4.69, 9.17) is 9.72 Å². The first-order valence-corrected chi connectivity index (χ1v) is 10.6. The molecule has 0 atom stereocenters. The second-order valence-corrected chi connectivity index (χ2v) is 7.96. The Morgan fingerprint density at radius 2 is 2.07 bits per heavy atom. The first-order valence-electron chi connectivity index (χ1n) is 9.73. The molecule has 0 N–H and O–H groups in total. The number of hydrogen-bond donors (Lipinski definition) is 0. The fourth-order valence-electron chi connectivity index (χ4n) is 3.81. The Morgan fingerprint density at radius 3 is 2.82 bits per heavy atom. The number of carbonyl (C=O) groups is 1. The molecule has 0 radical (unpaired) electrons. The maximum atomic E-state index is 12.8. The lowest BCUT2D eigenvalue weighted by Crippen LogP contribution is -2.38. The number of imidazole rings is 1. The monoisotopic (exact) mass is 395 g/mol. The van der Waals surface area contributed by atoms with Crippen molar-refractivity contribution < 1.29 is 9.53 Å². The van der Waals surface area contributed by atoms with E-state index in [1.54, 1.807) is 18.4 Å². The van der Waals surface area contributed by atoms with Crippen LogP contribution in [-0.4, -0.2) is 34.0 Å². The number of methoxy groups -OCH3 is 1. The summed E-state index contributed by atoms with van der Waals surface area (Å²) in [6.45, 7) is 4.24. The largest absolute Gasteiger partial charge is 0.496 e. The van der Waals surface area contributed by atoms with Crippen molar-refractivity contribution in [3.05, 3.63) is 58.0 Å². The zero-order valence-electron chi connectivity index (χ0n) is 16.4. The van der Waals surface area contributed by atoms with Crippen molar-refractivity contribution in [2.75, 3.05) is 13.7 Å². The third kappa shape index (κ3) is 3.56. The molecule has 28 heavy (non-hydrogen) atoms. The summed E-state index contributed by atoms with van der Waals surface area (Å²) in [6, 6.07) is 12.1. The van der Waals surface area contributed by atoms with Crippen LogP contribution in [-0.2, 0) is 30.7 Å². The van der Waals surface area contributed by atoms with Gasteiger partial charge in [0.05, 0.1) is 30.6 Å². The fourth-order valence-corrected chi connectivity index (χ4v) is 4.52. The minimum atomic E-state index is 0.224. The molecule has 1 aliphatic rings. The van der Waals surface area contributed by atoms with Crippen LogP contribution in [0, 0.1) is 0 Å². The van der Waals surface area contributed by atoms with Crippen LogP contribution in [0.4, 0.5) is 0 Å². The Balaban J connectivity index is 1.57. The molecule has 1 aromatic carbocycles. The second-order valence-electron chi connectivity index (χ2n) is 6.93. The molecule has 1 aliphatic heterocycles. The van der Waals surface area contributed by atoms with Crippen molar-refractivity contribution in [1.29, 1.82) is 0 Å². The fraction of sp³-hybridized carbons (Fsp3) is 0.364. The van der Waals surface area contributed by atoms with Crippen LogP contribution in [0.5, 0.6) is 5.75 Å². The summed E-state index contributed by atoms with van der Waals surface area (Å²) in [6.07, 6.45) is 2.23. The lowest BCUT2D eigenvalue weighted by Gasteiger charge is -2.29. The van der Waals surface area contributed by atoms with E-state index in [1.165, 1.54) is 4.88 Å². The van der Waals surface area contributed by atoms with Gasteiger partial charge in [-0.1, -0.05) is 25.1 Å². The van der Waals surface area contributed by atoms with E-state index in [-0.39, 0.29) is 5.91 Å². The summed E-state index contributed by atoms with van der Waals surface area (Å²) in [7, 11) is 1.69. The van der Waals surface area contributed by atoms with E-state index in [2.05, 4.69) is 22.9 Å². The van der Waals surface area contributed by atoms with Crippen molar-refractivity contribution in [3.8, 4) is 17.1 Å². The Kier molecular flexibility index (Phi) is 5.48. The number of amides is 1. The molecule has 146 valence electrons. The van der Waals surface area contributed by atoms with Gasteiger partial charge in [0.1, 0.15) is 11.6 Å². The number of thiophene rings is 1. The Morgan fingerprint density at radius 1 is 1.21 bits per heavy atom. The summed E-state index contributed by atoms with van der Waals surface area (Å²) < 4.78 is 7.81. The lowest BCUT2D eigenvalue weighted by molar-refractivity contribution is -0.132. The number of hydrogen-bond acceptors (Lipinski definition) is 4. The minimum absolute atomic E-state index is 0.224. The van der Waals surface area contributed by atoms with E-state index in [0.717, 1.165) is 54.5 Å². The van der Waals surface area contributed by atoms with Gasteiger partial charge < -0.3 is 14.2 Å². The summed E-state index contributed by atoms with van der Waals surface area (Å²) in [4.78, 5) is 20.9. The van der Waals surface area contributed by atoms with Crippen LogP contribution < -0.4 is 4.74 Å². The number of ether oxygens (including phenoxy) is 1. The lowest BCUT2D eigenvalue weighted by atomic mass is 10.1. The van der Waals surface area contributed by atoms with Crippen molar-refractivity contribution in [2.45, 2.75) is 39.3 Å². The smallest absolute Gasteiger partial charge is 0.223 e. The molecule has 0 spiro atoms. The highest BCUT2D eigenvalue weighted by Gasteiger charge is 2.27. The zero-order chi connectivity index (χ0) is 19.5. The highest BCUT2D eigenvalue weighted by molar-refractivity contribution is 7.09. The number of benzene rings is 1. The number of nitrogens with zero attached hydrogens (tertiary/aromatic N) is 3. The van der Waals surface area contributed by atoms with Gasteiger partial charge in [-0.2, -0.15) is 0 Å². The van der Waals surface area contributed by atoms with Gasteiger partial charge in [-0.15, -0.1) is 11.3 Å². The van der Waals surface area contributed by atoms with Crippen molar-refractivity contribution >= 4 is 17.2 Å².